The van der Waals surface area contributed by atoms with Gasteiger partial charge in [0.25, 0.3) is 0 Å². The summed E-state index contributed by atoms with van der Waals surface area (Å²) in [4.78, 5) is 27.9. The van der Waals surface area contributed by atoms with Crippen LogP contribution in [0.4, 0.5) is 0 Å². The molecule has 1 rings (SSSR count). The molecule has 0 aliphatic carbocycles. The molecule has 1 heterocycles. The number of amides is 2. The highest BCUT2D eigenvalue weighted by Crippen LogP contribution is 2.10. The number of nitrogens with zero attached hydrogens (tertiary/aromatic N) is 2. The predicted molar refractivity (Wildman–Crippen MR) is 83.8 cm³/mol. The SMILES string of the molecule is CCCNC(=O)CN1CCN(C(=O)[C@@H](N)[C@@H](C)CC)CC1. The molecule has 3 N–H and O–H groups in total. The van der Waals surface area contributed by atoms with E-state index in [1.54, 1.807) is 0 Å². The van der Waals surface area contributed by atoms with E-state index in [4.69, 9.17) is 5.73 Å². The fraction of sp³-hybridized carbons (Fsp3) is 0.867. The molecular formula is C15H30N4O2. The zero-order valence-corrected chi connectivity index (χ0v) is 13.6. The number of hydrogen-bond donors (Lipinski definition) is 2. The van der Waals surface area contributed by atoms with Crippen molar-refractivity contribution in [2.45, 2.75) is 39.7 Å². The van der Waals surface area contributed by atoms with Crippen molar-refractivity contribution < 1.29 is 9.59 Å². The van der Waals surface area contributed by atoms with Crippen molar-refractivity contribution in [1.82, 2.24) is 15.1 Å². The fourth-order valence-corrected chi connectivity index (χ4v) is 2.36. The van der Waals surface area contributed by atoms with Crippen LogP contribution in [0.2, 0.25) is 0 Å². The Morgan fingerprint density at radius 3 is 2.33 bits per heavy atom. The van der Waals surface area contributed by atoms with E-state index in [0.717, 1.165) is 32.5 Å². The number of rotatable bonds is 7. The van der Waals surface area contributed by atoms with Gasteiger partial charge in [-0.3, -0.25) is 14.5 Å². The molecule has 0 aromatic heterocycles. The second-order valence-corrected chi connectivity index (χ2v) is 5.86. The molecule has 21 heavy (non-hydrogen) atoms. The van der Waals surface area contributed by atoms with Crippen molar-refractivity contribution in [3.05, 3.63) is 0 Å². The first kappa shape index (κ1) is 17.9. The highest BCUT2D eigenvalue weighted by atomic mass is 16.2. The van der Waals surface area contributed by atoms with Gasteiger partial charge in [-0.15, -0.1) is 0 Å². The van der Waals surface area contributed by atoms with Crippen LogP contribution in [-0.2, 0) is 9.59 Å². The smallest absolute Gasteiger partial charge is 0.239 e. The van der Waals surface area contributed by atoms with Gasteiger partial charge in [0.1, 0.15) is 0 Å². The standard InChI is InChI=1S/C15H30N4O2/c1-4-6-17-13(20)11-18-7-9-19(10-8-18)15(21)14(16)12(3)5-2/h12,14H,4-11,16H2,1-3H3,(H,17,20)/t12-,14-/m0/s1. The highest BCUT2D eigenvalue weighted by Gasteiger charge is 2.28. The Balaban J connectivity index is 2.34. The van der Waals surface area contributed by atoms with Gasteiger partial charge >= 0.3 is 0 Å². The summed E-state index contributed by atoms with van der Waals surface area (Å²) < 4.78 is 0. The average Bonchev–Trinajstić information content (AvgIpc) is 2.51. The largest absolute Gasteiger partial charge is 0.355 e. The van der Waals surface area contributed by atoms with E-state index in [0.29, 0.717) is 19.6 Å². The van der Waals surface area contributed by atoms with Gasteiger partial charge in [0.15, 0.2) is 0 Å². The molecule has 122 valence electrons. The van der Waals surface area contributed by atoms with Crippen molar-refractivity contribution in [1.29, 1.82) is 0 Å². The monoisotopic (exact) mass is 298 g/mol. The second kappa shape index (κ2) is 9.00. The predicted octanol–water partition coefficient (Wildman–Crippen LogP) is 0.0302. The van der Waals surface area contributed by atoms with Crippen LogP contribution < -0.4 is 11.1 Å². The molecule has 2 atom stereocenters. The number of nitrogens with one attached hydrogen (secondary N) is 1. The molecular weight excluding hydrogens is 268 g/mol. The first-order valence-electron chi connectivity index (χ1n) is 8.03. The van der Waals surface area contributed by atoms with Crippen LogP contribution in [0.25, 0.3) is 0 Å². The van der Waals surface area contributed by atoms with E-state index in [9.17, 15) is 9.59 Å². The third-order valence-corrected chi connectivity index (χ3v) is 4.17. The Hall–Kier alpha value is -1.14. The van der Waals surface area contributed by atoms with Crippen LogP contribution in [0.15, 0.2) is 0 Å². The number of carbonyl (C=O) groups is 2. The van der Waals surface area contributed by atoms with Gasteiger partial charge in [0.2, 0.25) is 11.8 Å². The molecule has 0 bridgehead atoms. The lowest BCUT2D eigenvalue weighted by atomic mass is 9.98. The molecule has 6 heteroatoms. The van der Waals surface area contributed by atoms with Gasteiger partial charge in [0, 0.05) is 32.7 Å². The van der Waals surface area contributed by atoms with Crippen molar-refractivity contribution in [2.75, 3.05) is 39.3 Å². The van der Waals surface area contributed by atoms with E-state index >= 15 is 0 Å². The van der Waals surface area contributed by atoms with Crippen LogP contribution in [0.5, 0.6) is 0 Å². The Kier molecular flexibility index (Phi) is 7.67. The minimum Gasteiger partial charge on any atom is -0.355 e. The number of hydrogen-bond acceptors (Lipinski definition) is 4. The van der Waals surface area contributed by atoms with Crippen molar-refractivity contribution in [3.8, 4) is 0 Å². The fourth-order valence-electron chi connectivity index (χ4n) is 2.36. The molecule has 0 aromatic rings. The van der Waals surface area contributed by atoms with E-state index in [2.05, 4.69) is 10.2 Å². The molecule has 0 spiro atoms. The Morgan fingerprint density at radius 1 is 1.19 bits per heavy atom. The lowest BCUT2D eigenvalue weighted by molar-refractivity contribution is -0.135. The molecule has 1 fully saturated rings. The van der Waals surface area contributed by atoms with Gasteiger partial charge in [0.05, 0.1) is 12.6 Å². The molecule has 0 saturated carbocycles. The maximum atomic E-state index is 12.3. The zero-order chi connectivity index (χ0) is 15.8. The number of piperazine rings is 1. The lowest BCUT2D eigenvalue weighted by Gasteiger charge is -2.36. The Labute approximate surface area is 128 Å². The van der Waals surface area contributed by atoms with Gasteiger partial charge in [-0.2, -0.15) is 0 Å². The molecule has 6 nitrogen and oxygen atoms in total. The van der Waals surface area contributed by atoms with Crippen LogP contribution in [0.1, 0.15) is 33.6 Å². The summed E-state index contributed by atoms with van der Waals surface area (Å²) in [5, 5.41) is 2.87. The van der Waals surface area contributed by atoms with Crippen LogP contribution in [0.3, 0.4) is 0 Å². The first-order valence-corrected chi connectivity index (χ1v) is 8.03. The number of nitrogens with two attached hydrogens (primary N) is 1. The van der Waals surface area contributed by atoms with Gasteiger partial charge in [-0.05, 0) is 12.3 Å². The third-order valence-electron chi connectivity index (χ3n) is 4.17. The highest BCUT2D eigenvalue weighted by molar-refractivity contribution is 5.82. The van der Waals surface area contributed by atoms with Crippen molar-refractivity contribution in [2.24, 2.45) is 11.7 Å². The summed E-state index contributed by atoms with van der Waals surface area (Å²) in [6.07, 6.45) is 1.85. The first-order chi connectivity index (χ1) is 9.99. The van der Waals surface area contributed by atoms with Crippen LogP contribution in [0, 0.1) is 5.92 Å². The van der Waals surface area contributed by atoms with Gasteiger partial charge in [-0.1, -0.05) is 27.2 Å². The van der Waals surface area contributed by atoms with E-state index in [1.165, 1.54) is 0 Å². The van der Waals surface area contributed by atoms with Crippen LogP contribution >= 0.6 is 0 Å². The van der Waals surface area contributed by atoms with Crippen molar-refractivity contribution in [3.63, 3.8) is 0 Å². The maximum absolute atomic E-state index is 12.3. The third kappa shape index (κ3) is 5.63. The lowest BCUT2D eigenvalue weighted by Crippen LogP contribution is -2.55. The van der Waals surface area contributed by atoms with Crippen molar-refractivity contribution >= 4 is 11.8 Å². The summed E-state index contributed by atoms with van der Waals surface area (Å²) in [6.45, 7) is 10.0. The van der Waals surface area contributed by atoms with Crippen LogP contribution in [-0.4, -0.2) is 66.9 Å². The molecule has 0 aromatic carbocycles. The molecule has 0 unspecified atom stereocenters. The van der Waals surface area contributed by atoms with E-state index in [1.807, 2.05) is 25.7 Å². The maximum Gasteiger partial charge on any atom is 0.239 e. The summed E-state index contributed by atoms with van der Waals surface area (Å²) in [5.41, 5.74) is 6.00. The Bertz CT molecular complexity index is 341. The Morgan fingerprint density at radius 2 is 1.81 bits per heavy atom. The summed E-state index contributed by atoms with van der Waals surface area (Å²) in [7, 11) is 0. The summed E-state index contributed by atoms with van der Waals surface area (Å²) >= 11 is 0. The van der Waals surface area contributed by atoms with Gasteiger partial charge < -0.3 is 16.0 Å². The minimum atomic E-state index is -0.408. The topological polar surface area (TPSA) is 78.7 Å². The molecule has 1 aliphatic rings. The summed E-state index contributed by atoms with van der Waals surface area (Å²) in [6, 6.07) is -0.408. The molecule has 0 radical (unpaired) electrons. The zero-order valence-electron chi connectivity index (χ0n) is 13.6. The second-order valence-electron chi connectivity index (χ2n) is 5.86. The summed E-state index contributed by atoms with van der Waals surface area (Å²) in [5.74, 6) is 0.308. The number of carbonyl (C=O) groups excluding carboxylic acids is 2. The minimum absolute atomic E-state index is 0.0411. The average molecular weight is 298 g/mol. The molecule has 1 aliphatic heterocycles. The molecule has 1 saturated heterocycles. The quantitative estimate of drug-likeness (QED) is 0.695. The normalized spacial score (nSPS) is 19.1. The van der Waals surface area contributed by atoms with Gasteiger partial charge in [-0.25, -0.2) is 0 Å². The molecule has 2 amide bonds. The van der Waals surface area contributed by atoms with E-state index in [-0.39, 0.29) is 17.7 Å². The van der Waals surface area contributed by atoms with E-state index < -0.39 is 6.04 Å².